The monoisotopic (exact) mass is 209 g/mol. The van der Waals surface area contributed by atoms with E-state index in [0.29, 0.717) is 5.56 Å². The lowest BCUT2D eigenvalue weighted by Gasteiger charge is -2.01. The van der Waals surface area contributed by atoms with Crippen molar-refractivity contribution in [2.75, 3.05) is 0 Å². The Hall–Kier alpha value is -2.24. The van der Waals surface area contributed by atoms with Crippen LogP contribution in [0.5, 0.6) is 0 Å². The number of non-ortho nitro benzene ring substituents is 1. The first-order valence-corrected chi connectivity index (χ1v) is 3.96. The van der Waals surface area contributed by atoms with Crippen molar-refractivity contribution in [3.63, 3.8) is 0 Å². The van der Waals surface area contributed by atoms with E-state index < -0.39 is 10.9 Å². The smallest absolute Gasteiger partial charge is 0.345 e. The number of rotatable bonds is 3. The summed E-state index contributed by atoms with van der Waals surface area (Å²) in [7, 11) is 0. The molecule has 0 aromatic heterocycles. The van der Waals surface area contributed by atoms with Crippen LogP contribution in [-0.4, -0.2) is 17.4 Å². The maximum absolute atomic E-state index is 11.1. The van der Waals surface area contributed by atoms with Crippen molar-refractivity contribution in [1.29, 1.82) is 0 Å². The van der Waals surface area contributed by atoms with E-state index in [2.05, 4.69) is 4.74 Å². The lowest BCUT2D eigenvalue weighted by Crippen LogP contribution is -2.05. The number of nitrogens with zero attached hydrogens (tertiary/aromatic N) is 1. The number of nitro benzene ring substituents is 1. The Labute approximate surface area is 84.6 Å². The molecule has 0 N–H and O–H groups in total. The zero-order valence-electron chi connectivity index (χ0n) is 7.80. The molecule has 0 heterocycles. The molecule has 15 heavy (non-hydrogen) atoms. The third-order valence-electron chi connectivity index (χ3n) is 1.80. The Morgan fingerprint density at radius 2 is 2.20 bits per heavy atom. The number of ether oxygens (including phenoxy) is 1. The fraction of sp³-hybridized carbons (Fsp3) is 0.111. The van der Waals surface area contributed by atoms with E-state index in [4.69, 9.17) is 0 Å². The summed E-state index contributed by atoms with van der Waals surface area (Å²) < 4.78 is 4.12. The molecule has 6 nitrogen and oxygen atoms in total. The van der Waals surface area contributed by atoms with Crippen molar-refractivity contribution in [3.05, 3.63) is 39.4 Å². The standard InChI is InChI=1S/C9H7NO5/c1-6-4-7(10(13)14)2-3-8(6)9(12)15-5-11/h2-5H,1H3. The summed E-state index contributed by atoms with van der Waals surface area (Å²) in [6.07, 6.45) is 0. The van der Waals surface area contributed by atoms with Gasteiger partial charge in [0.05, 0.1) is 10.5 Å². The second-order valence-corrected chi connectivity index (χ2v) is 2.76. The minimum absolute atomic E-state index is 0.0170. The van der Waals surface area contributed by atoms with Gasteiger partial charge in [-0.15, -0.1) is 0 Å². The SMILES string of the molecule is Cc1cc([N+](=O)[O-])ccc1C(=O)OC=O. The van der Waals surface area contributed by atoms with Gasteiger partial charge in [-0.05, 0) is 18.6 Å². The number of aryl methyl sites for hydroxylation is 1. The molecule has 0 amide bonds. The Bertz CT molecular complexity index is 427. The molecule has 1 aromatic rings. The second-order valence-electron chi connectivity index (χ2n) is 2.76. The molecule has 0 aliphatic carbocycles. The Morgan fingerprint density at radius 1 is 1.53 bits per heavy atom. The highest BCUT2D eigenvalue weighted by atomic mass is 16.6. The van der Waals surface area contributed by atoms with Gasteiger partial charge in [-0.3, -0.25) is 14.9 Å². The van der Waals surface area contributed by atoms with Gasteiger partial charge in [0.1, 0.15) is 0 Å². The number of hydrogen-bond acceptors (Lipinski definition) is 5. The second kappa shape index (κ2) is 4.32. The molecule has 0 fully saturated rings. The van der Waals surface area contributed by atoms with Crippen LogP contribution in [0.1, 0.15) is 15.9 Å². The van der Waals surface area contributed by atoms with E-state index in [0.717, 1.165) is 0 Å². The third kappa shape index (κ3) is 2.37. The summed E-state index contributed by atoms with van der Waals surface area (Å²) in [6, 6.07) is 3.66. The van der Waals surface area contributed by atoms with Crippen molar-refractivity contribution in [3.8, 4) is 0 Å². The zero-order chi connectivity index (χ0) is 11.4. The maximum Gasteiger partial charge on any atom is 0.345 e. The fourth-order valence-corrected chi connectivity index (χ4v) is 1.10. The number of benzene rings is 1. The summed E-state index contributed by atoms with van der Waals surface area (Å²) in [6.45, 7) is 1.54. The largest absolute Gasteiger partial charge is 0.392 e. The lowest BCUT2D eigenvalue weighted by atomic mass is 10.1. The lowest BCUT2D eigenvalue weighted by molar-refractivity contribution is -0.384. The van der Waals surface area contributed by atoms with Crippen LogP contribution < -0.4 is 0 Å². The summed E-state index contributed by atoms with van der Waals surface area (Å²) in [5.41, 5.74) is 0.402. The minimum atomic E-state index is -0.822. The van der Waals surface area contributed by atoms with Crippen LogP contribution in [0.3, 0.4) is 0 Å². The highest BCUT2D eigenvalue weighted by Gasteiger charge is 2.14. The van der Waals surface area contributed by atoms with Crippen molar-refractivity contribution < 1.29 is 19.2 Å². The first kappa shape index (κ1) is 10.8. The van der Waals surface area contributed by atoms with Crippen LogP contribution in [-0.2, 0) is 9.53 Å². The fourth-order valence-electron chi connectivity index (χ4n) is 1.10. The normalized spacial score (nSPS) is 9.40. The molecular weight excluding hydrogens is 202 g/mol. The van der Waals surface area contributed by atoms with Gasteiger partial charge in [-0.1, -0.05) is 0 Å². The van der Waals surface area contributed by atoms with Gasteiger partial charge in [0.15, 0.2) is 0 Å². The van der Waals surface area contributed by atoms with Gasteiger partial charge in [0.25, 0.3) is 5.69 Å². The predicted octanol–water partition coefficient (Wildman–Crippen LogP) is 1.22. The van der Waals surface area contributed by atoms with E-state index in [9.17, 15) is 19.7 Å². The molecule has 6 heteroatoms. The van der Waals surface area contributed by atoms with Crippen LogP contribution >= 0.6 is 0 Å². The van der Waals surface area contributed by atoms with Crippen molar-refractivity contribution in [2.24, 2.45) is 0 Å². The quantitative estimate of drug-likeness (QED) is 0.245. The molecule has 78 valence electrons. The van der Waals surface area contributed by atoms with E-state index in [1.54, 1.807) is 0 Å². The van der Waals surface area contributed by atoms with E-state index in [1.807, 2.05) is 0 Å². The maximum atomic E-state index is 11.1. The molecule has 0 saturated carbocycles. The van der Waals surface area contributed by atoms with Gasteiger partial charge in [0, 0.05) is 12.1 Å². The van der Waals surface area contributed by atoms with Crippen LogP contribution in [0.15, 0.2) is 18.2 Å². The van der Waals surface area contributed by atoms with E-state index >= 15 is 0 Å². The van der Waals surface area contributed by atoms with Crippen molar-refractivity contribution >= 4 is 18.1 Å². The molecule has 0 atom stereocenters. The molecule has 0 bridgehead atoms. The summed E-state index contributed by atoms with van der Waals surface area (Å²) in [4.78, 5) is 30.9. The number of esters is 1. The minimum Gasteiger partial charge on any atom is -0.392 e. The molecule has 0 aliphatic rings. The summed E-state index contributed by atoms with van der Waals surface area (Å²) in [5, 5.41) is 10.4. The van der Waals surface area contributed by atoms with E-state index in [1.165, 1.54) is 25.1 Å². The summed E-state index contributed by atoms with van der Waals surface area (Å²) >= 11 is 0. The average molecular weight is 209 g/mol. The zero-order valence-corrected chi connectivity index (χ0v) is 7.80. The van der Waals surface area contributed by atoms with Gasteiger partial charge in [-0.2, -0.15) is 0 Å². The van der Waals surface area contributed by atoms with Gasteiger partial charge >= 0.3 is 12.4 Å². The van der Waals surface area contributed by atoms with Crippen LogP contribution in [0.4, 0.5) is 5.69 Å². The van der Waals surface area contributed by atoms with Gasteiger partial charge < -0.3 is 4.74 Å². The first-order valence-electron chi connectivity index (χ1n) is 3.96. The molecule has 0 unspecified atom stereocenters. The first-order chi connectivity index (χ1) is 7.06. The average Bonchev–Trinajstić information content (AvgIpc) is 2.17. The topological polar surface area (TPSA) is 86.5 Å². The molecule has 0 radical (unpaired) electrons. The number of carbonyl (C=O) groups is 2. The van der Waals surface area contributed by atoms with Crippen molar-refractivity contribution in [1.82, 2.24) is 0 Å². The highest BCUT2D eigenvalue weighted by Crippen LogP contribution is 2.17. The highest BCUT2D eigenvalue weighted by molar-refractivity contribution is 5.94. The number of nitro groups is 1. The molecule has 0 spiro atoms. The molecule has 0 saturated heterocycles. The third-order valence-corrected chi connectivity index (χ3v) is 1.80. The van der Waals surface area contributed by atoms with Crippen LogP contribution in [0.25, 0.3) is 0 Å². The van der Waals surface area contributed by atoms with E-state index in [-0.39, 0.29) is 17.7 Å². The van der Waals surface area contributed by atoms with Crippen LogP contribution in [0.2, 0.25) is 0 Å². The van der Waals surface area contributed by atoms with Gasteiger partial charge in [-0.25, -0.2) is 4.79 Å². The molecular formula is C9H7NO5. The van der Waals surface area contributed by atoms with Gasteiger partial charge in [0.2, 0.25) is 0 Å². The van der Waals surface area contributed by atoms with Crippen LogP contribution in [0, 0.1) is 17.0 Å². The van der Waals surface area contributed by atoms with Crippen molar-refractivity contribution in [2.45, 2.75) is 6.92 Å². The number of hydrogen-bond donors (Lipinski definition) is 0. The molecule has 0 aliphatic heterocycles. The molecule has 1 aromatic carbocycles. The number of carbonyl (C=O) groups excluding carboxylic acids is 2. The summed E-state index contributed by atoms with van der Waals surface area (Å²) in [5.74, 6) is -0.822. The molecule has 1 rings (SSSR count). The Kier molecular flexibility index (Phi) is 3.12. The predicted molar refractivity (Wildman–Crippen MR) is 49.3 cm³/mol. The Balaban J connectivity index is 3.08. The Morgan fingerprint density at radius 3 is 2.67 bits per heavy atom.